The number of hydrogen-bond donors (Lipinski definition) is 1. The Morgan fingerprint density at radius 1 is 1.20 bits per heavy atom. The van der Waals surface area contributed by atoms with Gasteiger partial charge >= 0.3 is 5.97 Å². The Labute approximate surface area is 91.4 Å². The average molecular weight is 215 g/mol. The normalized spacial score (nSPS) is 12.3. The van der Waals surface area contributed by atoms with E-state index >= 15 is 0 Å². The zero-order chi connectivity index (χ0) is 11.8. The predicted octanol–water partition coefficient (Wildman–Crippen LogP) is 1.49. The van der Waals surface area contributed by atoms with E-state index in [0.717, 1.165) is 0 Å². The molecule has 15 heavy (non-hydrogen) atoms. The van der Waals surface area contributed by atoms with E-state index in [2.05, 4.69) is 5.32 Å². The maximum Gasteiger partial charge on any atom is 0.307 e. The van der Waals surface area contributed by atoms with Gasteiger partial charge in [-0.2, -0.15) is 0 Å². The summed E-state index contributed by atoms with van der Waals surface area (Å²) < 4.78 is 4.78. The third-order valence-corrected chi connectivity index (χ3v) is 1.78. The van der Waals surface area contributed by atoms with Crippen molar-refractivity contribution in [1.82, 2.24) is 5.32 Å². The van der Waals surface area contributed by atoms with Gasteiger partial charge in [-0.15, -0.1) is 0 Å². The van der Waals surface area contributed by atoms with E-state index in [9.17, 15) is 9.59 Å². The zero-order valence-corrected chi connectivity index (χ0v) is 10.0. The highest BCUT2D eigenvalue weighted by Crippen LogP contribution is 2.00. The molecule has 0 aliphatic heterocycles. The summed E-state index contributed by atoms with van der Waals surface area (Å²) in [5.74, 6) is 0.0523. The number of nitrogens with one attached hydrogen (secondary N) is 1. The lowest BCUT2D eigenvalue weighted by molar-refractivity contribution is -0.143. The molecule has 1 atom stereocenters. The topological polar surface area (TPSA) is 55.4 Å². The first-order valence-corrected chi connectivity index (χ1v) is 5.40. The maximum absolute atomic E-state index is 11.3. The van der Waals surface area contributed by atoms with Gasteiger partial charge in [-0.1, -0.05) is 13.8 Å². The van der Waals surface area contributed by atoms with Gasteiger partial charge in [0.25, 0.3) is 0 Å². The number of hydrogen-bond acceptors (Lipinski definition) is 3. The standard InChI is InChI=1S/C11H21NO3/c1-5-15-11(14)7-9(4)12-10(13)6-8(2)3/h8-9H,5-7H2,1-4H3,(H,12,13). The highest BCUT2D eigenvalue weighted by molar-refractivity contribution is 5.77. The van der Waals surface area contributed by atoms with Crippen LogP contribution in [0.1, 0.15) is 40.5 Å². The first kappa shape index (κ1) is 13.9. The molecule has 0 saturated heterocycles. The molecule has 0 heterocycles. The van der Waals surface area contributed by atoms with Crippen LogP contribution in [0.3, 0.4) is 0 Å². The lowest BCUT2D eigenvalue weighted by Gasteiger charge is -2.13. The van der Waals surface area contributed by atoms with Crippen LogP contribution in [-0.4, -0.2) is 24.5 Å². The van der Waals surface area contributed by atoms with Crippen LogP contribution >= 0.6 is 0 Å². The molecule has 0 aromatic rings. The second-order valence-corrected chi connectivity index (χ2v) is 4.08. The monoisotopic (exact) mass is 215 g/mol. The summed E-state index contributed by atoms with van der Waals surface area (Å²) in [5, 5.41) is 2.76. The van der Waals surface area contributed by atoms with Crippen molar-refractivity contribution in [3.05, 3.63) is 0 Å². The minimum atomic E-state index is -0.269. The molecule has 0 fully saturated rings. The van der Waals surface area contributed by atoms with Gasteiger partial charge in [0.2, 0.25) is 5.91 Å². The van der Waals surface area contributed by atoms with Crippen molar-refractivity contribution < 1.29 is 14.3 Å². The Kier molecular flexibility index (Phi) is 6.75. The number of carbonyl (C=O) groups is 2. The Bertz CT molecular complexity index is 214. The Morgan fingerprint density at radius 2 is 1.80 bits per heavy atom. The van der Waals surface area contributed by atoms with E-state index in [0.29, 0.717) is 18.9 Å². The molecule has 1 unspecified atom stereocenters. The highest BCUT2D eigenvalue weighted by atomic mass is 16.5. The summed E-state index contributed by atoms with van der Waals surface area (Å²) in [6, 6.07) is -0.157. The number of amides is 1. The maximum atomic E-state index is 11.3. The van der Waals surface area contributed by atoms with Gasteiger partial charge in [0.05, 0.1) is 13.0 Å². The van der Waals surface area contributed by atoms with Crippen LogP contribution in [-0.2, 0) is 14.3 Å². The van der Waals surface area contributed by atoms with E-state index in [4.69, 9.17) is 4.74 Å². The molecular weight excluding hydrogens is 194 g/mol. The molecule has 4 heteroatoms. The molecule has 1 amide bonds. The Balaban J connectivity index is 3.77. The van der Waals surface area contributed by atoms with Crippen molar-refractivity contribution in [1.29, 1.82) is 0 Å². The lowest BCUT2D eigenvalue weighted by atomic mass is 10.1. The molecule has 0 spiro atoms. The van der Waals surface area contributed by atoms with Crippen molar-refractivity contribution in [3.63, 3.8) is 0 Å². The molecule has 0 rings (SSSR count). The fourth-order valence-electron chi connectivity index (χ4n) is 1.23. The molecule has 4 nitrogen and oxygen atoms in total. The summed E-state index contributed by atoms with van der Waals surface area (Å²) in [4.78, 5) is 22.4. The molecule has 1 N–H and O–H groups in total. The van der Waals surface area contributed by atoms with Crippen LogP contribution < -0.4 is 5.32 Å². The molecule has 0 aromatic heterocycles. The minimum Gasteiger partial charge on any atom is -0.466 e. The Hall–Kier alpha value is -1.06. The first-order valence-electron chi connectivity index (χ1n) is 5.40. The van der Waals surface area contributed by atoms with E-state index in [1.54, 1.807) is 13.8 Å². The van der Waals surface area contributed by atoms with Crippen LogP contribution in [0.25, 0.3) is 0 Å². The van der Waals surface area contributed by atoms with Gasteiger partial charge in [0, 0.05) is 12.5 Å². The van der Waals surface area contributed by atoms with Crippen molar-refractivity contribution in [3.8, 4) is 0 Å². The molecule has 0 aliphatic rings. The lowest BCUT2D eigenvalue weighted by Crippen LogP contribution is -2.35. The van der Waals surface area contributed by atoms with E-state index in [1.165, 1.54) is 0 Å². The third-order valence-electron chi connectivity index (χ3n) is 1.78. The molecule has 0 aromatic carbocycles. The quantitative estimate of drug-likeness (QED) is 0.683. The van der Waals surface area contributed by atoms with Crippen molar-refractivity contribution in [2.45, 2.75) is 46.6 Å². The van der Waals surface area contributed by atoms with Gasteiger partial charge in [0.1, 0.15) is 0 Å². The predicted molar refractivity (Wildman–Crippen MR) is 58.3 cm³/mol. The average Bonchev–Trinajstić information content (AvgIpc) is 2.00. The van der Waals surface area contributed by atoms with Crippen LogP contribution in [0.2, 0.25) is 0 Å². The minimum absolute atomic E-state index is 0.0122. The molecule has 0 aliphatic carbocycles. The van der Waals surface area contributed by atoms with Crippen LogP contribution in [0.15, 0.2) is 0 Å². The number of rotatable bonds is 6. The fourth-order valence-corrected chi connectivity index (χ4v) is 1.23. The van der Waals surface area contributed by atoms with Gasteiger partial charge in [-0.05, 0) is 19.8 Å². The van der Waals surface area contributed by atoms with E-state index < -0.39 is 0 Å². The van der Waals surface area contributed by atoms with Gasteiger partial charge < -0.3 is 10.1 Å². The summed E-state index contributed by atoms with van der Waals surface area (Å²) in [6.45, 7) is 7.91. The summed E-state index contributed by atoms with van der Waals surface area (Å²) in [5.41, 5.74) is 0. The van der Waals surface area contributed by atoms with E-state index in [-0.39, 0.29) is 24.3 Å². The fraction of sp³-hybridized carbons (Fsp3) is 0.818. The number of esters is 1. The second-order valence-electron chi connectivity index (χ2n) is 4.08. The number of ether oxygens (including phenoxy) is 1. The van der Waals surface area contributed by atoms with Crippen LogP contribution in [0.5, 0.6) is 0 Å². The SMILES string of the molecule is CCOC(=O)CC(C)NC(=O)CC(C)C. The summed E-state index contributed by atoms with van der Waals surface area (Å²) in [6.07, 6.45) is 0.727. The number of carbonyl (C=O) groups excluding carboxylic acids is 2. The largest absolute Gasteiger partial charge is 0.466 e. The molecule has 0 bridgehead atoms. The second kappa shape index (κ2) is 7.26. The van der Waals surface area contributed by atoms with Gasteiger partial charge in [0.15, 0.2) is 0 Å². The van der Waals surface area contributed by atoms with Crippen LogP contribution in [0, 0.1) is 5.92 Å². The first-order chi connectivity index (χ1) is 6.95. The Morgan fingerprint density at radius 3 is 2.27 bits per heavy atom. The molecule has 0 saturated carbocycles. The van der Waals surface area contributed by atoms with Crippen LogP contribution in [0.4, 0.5) is 0 Å². The van der Waals surface area contributed by atoms with Gasteiger partial charge in [-0.25, -0.2) is 0 Å². The third kappa shape index (κ3) is 7.97. The summed E-state index contributed by atoms with van der Waals surface area (Å²) in [7, 11) is 0. The van der Waals surface area contributed by atoms with Crippen molar-refractivity contribution >= 4 is 11.9 Å². The molecule has 0 radical (unpaired) electrons. The van der Waals surface area contributed by atoms with Crippen molar-refractivity contribution in [2.24, 2.45) is 5.92 Å². The summed E-state index contributed by atoms with van der Waals surface area (Å²) >= 11 is 0. The van der Waals surface area contributed by atoms with Gasteiger partial charge in [-0.3, -0.25) is 9.59 Å². The van der Waals surface area contributed by atoms with E-state index in [1.807, 2.05) is 13.8 Å². The van der Waals surface area contributed by atoms with Crippen molar-refractivity contribution in [2.75, 3.05) is 6.61 Å². The molecule has 88 valence electrons. The zero-order valence-electron chi connectivity index (χ0n) is 10.0. The molecular formula is C11H21NO3. The smallest absolute Gasteiger partial charge is 0.307 e. The highest BCUT2D eigenvalue weighted by Gasteiger charge is 2.13.